The highest BCUT2D eigenvalue weighted by molar-refractivity contribution is 5.99. The van der Waals surface area contributed by atoms with E-state index in [1.54, 1.807) is 18.9 Å². The van der Waals surface area contributed by atoms with Crippen molar-refractivity contribution in [3.8, 4) is 11.5 Å². The highest BCUT2D eigenvalue weighted by Gasteiger charge is 2.38. The maximum atomic E-state index is 12.8. The van der Waals surface area contributed by atoms with Crippen molar-refractivity contribution in [1.29, 1.82) is 0 Å². The summed E-state index contributed by atoms with van der Waals surface area (Å²) >= 11 is 0. The summed E-state index contributed by atoms with van der Waals surface area (Å²) in [5.74, 6) is 2.40. The van der Waals surface area contributed by atoms with E-state index in [9.17, 15) is 4.79 Å². The van der Waals surface area contributed by atoms with Crippen LogP contribution in [0.3, 0.4) is 0 Å². The van der Waals surface area contributed by atoms with Crippen LogP contribution in [0.25, 0.3) is 0 Å². The Labute approximate surface area is 145 Å². The van der Waals surface area contributed by atoms with E-state index in [2.05, 4.69) is 22.3 Å². The number of aromatic nitrogens is 3. The number of ether oxygens (including phenoxy) is 2. The molecule has 1 aliphatic carbocycles. The fourth-order valence-corrected chi connectivity index (χ4v) is 3.68. The minimum absolute atomic E-state index is 0.155. The normalized spacial score (nSPS) is 22.1. The van der Waals surface area contributed by atoms with E-state index in [0.717, 1.165) is 23.3 Å². The van der Waals surface area contributed by atoms with Gasteiger partial charge in [0.05, 0.1) is 14.2 Å². The minimum atomic E-state index is -0.312. The number of nitrogens with zero attached hydrogens (tertiary/aromatic N) is 3. The van der Waals surface area contributed by atoms with E-state index in [-0.39, 0.29) is 11.8 Å². The number of Topliss-reactive ketones (excluding diaryl/α,β-unsaturated/α-hetero) is 1. The first-order chi connectivity index (χ1) is 12.1. The molecule has 2 aromatic rings. The third-order valence-electron chi connectivity index (χ3n) is 4.79. The number of carbonyl (C=O) groups is 1. The molecule has 25 heavy (non-hydrogen) atoms. The number of rotatable bonds is 3. The topological polar surface area (TPSA) is 78.3 Å². The quantitative estimate of drug-likeness (QED) is 0.925. The smallest absolute Gasteiger partial charge is 0.226 e. The van der Waals surface area contributed by atoms with Gasteiger partial charge in [-0.3, -0.25) is 4.79 Å². The second-order valence-electron chi connectivity index (χ2n) is 6.50. The second kappa shape index (κ2) is 5.91. The van der Waals surface area contributed by atoms with Crippen LogP contribution in [0.15, 0.2) is 35.8 Å². The maximum absolute atomic E-state index is 12.8. The van der Waals surface area contributed by atoms with Crippen LogP contribution < -0.4 is 14.8 Å². The van der Waals surface area contributed by atoms with E-state index in [1.807, 2.05) is 18.2 Å². The molecule has 1 aliphatic heterocycles. The number of benzene rings is 1. The molecule has 0 radical (unpaired) electrons. The van der Waals surface area contributed by atoms with Gasteiger partial charge in [0.15, 0.2) is 17.3 Å². The van der Waals surface area contributed by atoms with E-state index in [4.69, 9.17) is 9.47 Å². The predicted octanol–water partition coefficient (Wildman–Crippen LogP) is 2.56. The van der Waals surface area contributed by atoms with E-state index in [1.165, 1.54) is 6.33 Å². The van der Waals surface area contributed by atoms with Crippen molar-refractivity contribution in [2.45, 2.75) is 25.8 Å². The lowest BCUT2D eigenvalue weighted by atomic mass is 9.81. The highest BCUT2D eigenvalue weighted by Crippen LogP contribution is 2.42. The van der Waals surface area contributed by atoms with Gasteiger partial charge in [-0.05, 0) is 30.0 Å². The third kappa shape index (κ3) is 2.47. The summed E-state index contributed by atoms with van der Waals surface area (Å²) in [5, 5.41) is 7.62. The number of nitrogens with one attached hydrogen (secondary N) is 1. The predicted molar refractivity (Wildman–Crippen MR) is 91.8 cm³/mol. The molecule has 2 atom stereocenters. The van der Waals surface area contributed by atoms with Crippen molar-refractivity contribution in [3.63, 3.8) is 0 Å². The summed E-state index contributed by atoms with van der Waals surface area (Å²) in [5.41, 5.74) is 2.63. The second-order valence-corrected chi connectivity index (χ2v) is 6.50. The van der Waals surface area contributed by atoms with E-state index < -0.39 is 0 Å². The molecule has 2 heterocycles. The minimum Gasteiger partial charge on any atom is -0.493 e. The Balaban J connectivity index is 1.88. The number of fused-ring (bicyclic) bond motifs is 1. The summed E-state index contributed by atoms with van der Waals surface area (Å²) in [6, 6.07) is 5.38. The summed E-state index contributed by atoms with van der Waals surface area (Å²) in [7, 11) is 3.20. The van der Waals surface area contributed by atoms with Gasteiger partial charge in [0, 0.05) is 17.7 Å². The van der Waals surface area contributed by atoms with E-state index >= 15 is 0 Å². The molecule has 1 N–H and O–H groups in total. The molecule has 130 valence electrons. The van der Waals surface area contributed by atoms with Crippen LogP contribution in [0, 0.1) is 5.92 Å². The van der Waals surface area contributed by atoms with Crippen LogP contribution in [0.5, 0.6) is 11.5 Å². The van der Waals surface area contributed by atoms with Crippen molar-refractivity contribution in [1.82, 2.24) is 14.8 Å². The first-order valence-electron chi connectivity index (χ1n) is 8.27. The van der Waals surface area contributed by atoms with Crippen molar-refractivity contribution >= 4 is 11.7 Å². The number of methoxy groups -OCH3 is 2. The lowest BCUT2D eigenvalue weighted by Crippen LogP contribution is -2.33. The van der Waals surface area contributed by atoms with Gasteiger partial charge in [0.25, 0.3) is 0 Å². The Morgan fingerprint density at radius 2 is 2.00 bits per heavy atom. The molecule has 7 heteroatoms. The number of carbonyl (C=O) groups excluding carboxylic acids is 1. The zero-order chi connectivity index (χ0) is 17.6. The number of allylic oxidation sites excluding steroid dienone is 2. The molecule has 0 fully saturated rings. The van der Waals surface area contributed by atoms with Gasteiger partial charge in [0.1, 0.15) is 12.4 Å². The number of hydrogen-bond donors (Lipinski definition) is 1. The molecule has 0 spiro atoms. The summed E-state index contributed by atoms with van der Waals surface area (Å²) in [6.45, 7) is 2.09. The average molecular weight is 340 g/mol. The Bertz CT molecular complexity index is 871. The lowest BCUT2D eigenvalue weighted by Gasteiger charge is -2.34. The van der Waals surface area contributed by atoms with Crippen molar-refractivity contribution < 1.29 is 14.3 Å². The first-order valence-corrected chi connectivity index (χ1v) is 8.27. The molecule has 0 saturated heterocycles. The molecule has 0 saturated carbocycles. The molecule has 0 unspecified atom stereocenters. The SMILES string of the molecule is COc1ccc([C@H]2C3=C(C[C@H](C)CC3=O)Nc3ncnn32)cc1OC. The molecule has 0 amide bonds. The molecule has 4 rings (SSSR count). The Morgan fingerprint density at radius 1 is 1.20 bits per heavy atom. The van der Waals surface area contributed by atoms with Crippen LogP contribution in [-0.2, 0) is 4.79 Å². The van der Waals surface area contributed by atoms with Gasteiger partial charge < -0.3 is 14.8 Å². The van der Waals surface area contributed by atoms with Crippen LogP contribution in [0.2, 0.25) is 0 Å². The highest BCUT2D eigenvalue weighted by atomic mass is 16.5. The van der Waals surface area contributed by atoms with Gasteiger partial charge >= 0.3 is 0 Å². The maximum Gasteiger partial charge on any atom is 0.226 e. The van der Waals surface area contributed by atoms with Crippen molar-refractivity contribution in [3.05, 3.63) is 41.4 Å². The molecule has 1 aromatic carbocycles. The lowest BCUT2D eigenvalue weighted by molar-refractivity contribution is -0.117. The van der Waals surface area contributed by atoms with Gasteiger partial charge in [-0.2, -0.15) is 10.1 Å². The average Bonchev–Trinajstić information content (AvgIpc) is 3.07. The number of hydrogen-bond acceptors (Lipinski definition) is 6. The van der Waals surface area contributed by atoms with Crippen LogP contribution in [-0.4, -0.2) is 34.8 Å². The molecule has 2 aliphatic rings. The monoisotopic (exact) mass is 340 g/mol. The number of ketones is 1. The molecular formula is C18H20N4O3. The largest absolute Gasteiger partial charge is 0.493 e. The van der Waals surface area contributed by atoms with Gasteiger partial charge in [-0.15, -0.1) is 0 Å². The Morgan fingerprint density at radius 3 is 2.76 bits per heavy atom. The third-order valence-corrected chi connectivity index (χ3v) is 4.79. The zero-order valence-electron chi connectivity index (χ0n) is 14.4. The summed E-state index contributed by atoms with van der Waals surface area (Å²) < 4.78 is 12.5. The summed E-state index contributed by atoms with van der Waals surface area (Å²) in [4.78, 5) is 17.1. The van der Waals surface area contributed by atoms with Crippen molar-refractivity contribution in [2.24, 2.45) is 5.92 Å². The first kappa shape index (κ1) is 15.7. The standard InChI is InChI=1S/C18H20N4O3/c1-10-6-12-16(13(23)7-10)17(22-18(21-12)19-9-20-22)11-4-5-14(24-2)15(8-11)25-3/h4-5,8-10,17H,6-7H2,1-3H3,(H,19,20,21)/t10-,17-/m0/s1. The van der Waals surface area contributed by atoms with Crippen LogP contribution >= 0.6 is 0 Å². The molecular weight excluding hydrogens is 320 g/mol. The zero-order valence-corrected chi connectivity index (χ0v) is 14.4. The molecule has 1 aromatic heterocycles. The van der Waals surface area contributed by atoms with Gasteiger partial charge in [-0.1, -0.05) is 13.0 Å². The fourth-order valence-electron chi connectivity index (χ4n) is 3.68. The fraction of sp³-hybridized carbons (Fsp3) is 0.389. The van der Waals surface area contributed by atoms with Crippen molar-refractivity contribution in [2.75, 3.05) is 19.5 Å². The Kier molecular flexibility index (Phi) is 3.71. The van der Waals surface area contributed by atoms with Gasteiger partial charge in [0.2, 0.25) is 5.95 Å². The van der Waals surface area contributed by atoms with E-state index in [0.29, 0.717) is 29.8 Å². The number of anilines is 1. The van der Waals surface area contributed by atoms with Crippen LogP contribution in [0.4, 0.5) is 5.95 Å². The summed E-state index contributed by atoms with van der Waals surface area (Å²) in [6.07, 6.45) is 2.88. The van der Waals surface area contributed by atoms with Crippen LogP contribution in [0.1, 0.15) is 31.4 Å². The molecule has 0 bridgehead atoms. The molecule has 7 nitrogen and oxygen atoms in total. The van der Waals surface area contributed by atoms with Gasteiger partial charge in [-0.25, -0.2) is 4.68 Å². The Hall–Kier alpha value is -2.83.